The molecule has 134 valence electrons. The van der Waals surface area contributed by atoms with Crippen LogP contribution >= 0.6 is 11.8 Å². The van der Waals surface area contributed by atoms with Crippen LogP contribution in [0.1, 0.15) is 5.56 Å². The molecule has 26 heavy (non-hydrogen) atoms. The smallest absolute Gasteiger partial charge is 0.234 e. The molecule has 0 saturated heterocycles. The first-order valence-corrected chi connectivity index (χ1v) is 8.77. The molecule has 1 amide bonds. The van der Waals surface area contributed by atoms with Crippen molar-refractivity contribution in [2.24, 2.45) is 7.05 Å². The van der Waals surface area contributed by atoms with Crippen molar-refractivity contribution in [3.8, 4) is 11.4 Å². The van der Waals surface area contributed by atoms with Crippen molar-refractivity contribution in [1.29, 1.82) is 0 Å². The minimum absolute atomic E-state index is 0.0682. The van der Waals surface area contributed by atoms with Gasteiger partial charge in [0, 0.05) is 24.4 Å². The number of anilines is 1. The van der Waals surface area contributed by atoms with Gasteiger partial charge in [0.05, 0.1) is 5.75 Å². The van der Waals surface area contributed by atoms with E-state index in [4.69, 9.17) is 0 Å². The highest BCUT2D eigenvalue weighted by atomic mass is 32.2. The number of hydrogen-bond acceptors (Lipinski definition) is 4. The van der Waals surface area contributed by atoms with Crippen molar-refractivity contribution in [3.05, 3.63) is 59.7 Å². The Morgan fingerprint density at radius 1 is 1.15 bits per heavy atom. The highest BCUT2D eigenvalue weighted by molar-refractivity contribution is 7.99. The fourth-order valence-electron chi connectivity index (χ4n) is 2.40. The average Bonchev–Trinajstić information content (AvgIpc) is 2.97. The van der Waals surface area contributed by atoms with Gasteiger partial charge in [0.1, 0.15) is 0 Å². The molecular weight excluding hydrogens is 358 g/mol. The Morgan fingerprint density at radius 2 is 1.92 bits per heavy atom. The number of carbonyl (C=O) groups is 1. The lowest BCUT2D eigenvalue weighted by Crippen LogP contribution is -2.14. The molecule has 0 unspecified atom stereocenters. The van der Waals surface area contributed by atoms with Crippen molar-refractivity contribution < 1.29 is 13.6 Å². The first-order chi connectivity index (χ1) is 12.5. The normalized spacial score (nSPS) is 10.8. The van der Waals surface area contributed by atoms with Gasteiger partial charge in [-0.1, -0.05) is 36.0 Å². The number of nitrogens with one attached hydrogen (secondary N) is 1. The van der Waals surface area contributed by atoms with Crippen LogP contribution in [0, 0.1) is 18.6 Å². The maximum absolute atomic E-state index is 13.2. The Balaban J connectivity index is 1.66. The predicted octanol–water partition coefficient (Wildman–Crippen LogP) is 3.80. The standard InChI is InChI=1S/C18H16F2N4OS/c1-11-5-3-4-6-13(11)17-22-23-18(24(17)2)26-10-16(25)21-12-7-8-14(19)15(20)9-12/h3-9H,10H2,1-2H3,(H,21,25). The zero-order valence-corrected chi connectivity index (χ0v) is 15.0. The minimum atomic E-state index is -1.01. The van der Waals surface area contributed by atoms with Crippen LogP contribution in [-0.4, -0.2) is 26.4 Å². The van der Waals surface area contributed by atoms with Gasteiger partial charge in [0.15, 0.2) is 22.6 Å². The van der Waals surface area contributed by atoms with E-state index < -0.39 is 11.6 Å². The number of aryl methyl sites for hydroxylation is 1. The van der Waals surface area contributed by atoms with Crippen LogP contribution in [0.15, 0.2) is 47.6 Å². The first-order valence-electron chi connectivity index (χ1n) is 7.79. The summed E-state index contributed by atoms with van der Waals surface area (Å²) >= 11 is 1.21. The summed E-state index contributed by atoms with van der Waals surface area (Å²) in [6, 6.07) is 11.0. The van der Waals surface area contributed by atoms with E-state index in [1.54, 1.807) is 0 Å². The molecule has 1 aromatic heterocycles. The molecule has 0 aliphatic rings. The van der Waals surface area contributed by atoms with Gasteiger partial charge in [-0.25, -0.2) is 8.78 Å². The van der Waals surface area contributed by atoms with E-state index >= 15 is 0 Å². The monoisotopic (exact) mass is 374 g/mol. The van der Waals surface area contributed by atoms with E-state index in [2.05, 4.69) is 15.5 Å². The van der Waals surface area contributed by atoms with E-state index in [9.17, 15) is 13.6 Å². The van der Waals surface area contributed by atoms with Crippen LogP contribution in [-0.2, 0) is 11.8 Å². The number of rotatable bonds is 5. The van der Waals surface area contributed by atoms with Crippen molar-refractivity contribution in [2.75, 3.05) is 11.1 Å². The second-order valence-corrected chi connectivity index (χ2v) is 6.59. The third-order valence-electron chi connectivity index (χ3n) is 3.76. The van der Waals surface area contributed by atoms with E-state index in [1.165, 1.54) is 17.8 Å². The molecular formula is C18H16F2N4OS. The molecule has 0 spiro atoms. The van der Waals surface area contributed by atoms with Crippen LogP contribution in [0.25, 0.3) is 11.4 Å². The Kier molecular flexibility index (Phi) is 5.32. The highest BCUT2D eigenvalue weighted by Gasteiger charge is 2.14. The lowest BCUT2D eigenvalue weighted by Gasteiger charge is -2.07. The molecule has 3 aromatic rings. The van der Waals surface area contributed by atoms with Crippen LogP contribution < -0.4 is 5.32 Å². The number of halogens is 2. The Bertz CT molecular complexity index is 958. The molecule has 2 aromatic carbocycles. The molecule has 0 aliphatic carbocycles. The molecule has 0 fully saturated rings. The summed E-state index contributed by atoms with van der Waals surface area (Å²) in [6.45, 7) is 1.99. The number of amides is 1. The number of nitrogens with zero attached hydrogens (tertiary/aromatic N) is 3. The van der Waals surface area contributed by atoms with E-state index in [1.807, 2.05) is 42.8 Å². The maximum atomic E-state index is 13.2. The van der Waals surface area contributed by atoms with Crippen LogP contribution in [0.3, 0.4) is 0 Å². The van der Waals surface area contributed by atoms with Gasteiger partial charge in [-0.2, -0.15) is 0 Å². The number of carbonyl (C=O) groups excluding carboxylic acids is 1. The summed E-state index contributed by atoms with van der Waals surface area (Å²) in [5.41, 5.74) is 2.25. The van der Waals surface area contributed by atoms with Crippen molar-refractivity contribution >= 4 is 23.4 Å². The molecule has 0 saturated carbocycles. The van der Waals surface area contributed by atoms with E-state index in [-0.39, 0.29) is 17.3 Å². The SMILES string of the molecule is Cc1ccccc1-c1nnc(SCC(=O)Nc2ccc(F)c(F)c2)n1C. The zero-order valence-electron chi connectivity index (χ0n) is 14.2. The topological polar surface area (TPSA) is 59.8 Å². The predicted molar refractivity (Wildman–Crippen MR) is 96.9 cm³/mol. The van der Waals surface area contributed by atoms with E-state index in [0.29, 0.717) is 11.0 Å². The highest BCUT2D eigenvalue weighted by Crippen LogP contribution is 2.25. The lowest BCUT2D eigenvalue weighted by molar-refractivity contribution is -0.113. The fourth-order valence-corrected chi connectivity index (χ4v) is 3.11. The van der Waals surface area contributed by atoms with Gasteiger partial charge in [0.2, 0.25) is 5.91 Å². The molecule has 0 radical (unpaired) electrons. The quantitative estimate of drug-likeness (QED) is 0.690. The fraction of sp³-hybridized carbons (Fsp3) is 0.167. The second kappa shape index (κ2) is 7.65. The van der Waals surface area contributed by atoms with E-state index in [0.717, 1.165) is 23.3 Å². The third-order valence-corrected chi connectivity index (χ3v) is 4.78. The summed E-state index contributed by atoms with van der Waals surface area (Å²) in [5.74, 6) is -1.53. The van der Waals surface area contributed by atoms with Crippen molar-refractivity contribution in [3.63, 3.8) is 0 Å². The number of benzene rings is 2. The molecule has 3 rings (SSSR count). The second-order valence-electron chi connectivity index (χ2n) is 5.65. The van der Waals surface area contributed by atoms with Crippen molar-refractivity contribution in [2.45, 2.75) is 12.1 Å². The van der Waals surface area contributed by atoms with Gasteiger partial charge in [-0.05, 0) is 24.6 Å². The lowest BCUT2D eigenvalue weighted by atomic mass is 10.1. The van der Waals surface area contributed by atoms with Gasteiger partial charge in [-0.15, -0.1) is 10.2 Å². The zero-order chi connectivity index (χ0) is 18.7. The summed E-state index contributed by atoms with van der Waals surface area (Å²) < 4.78 is 27.9. The van der Waals surface area contributed by atoms with Gasteiger partial charge < -0.3 is 9.88 Å². The van der Waals surface area contributed by atoms with Crippen LogP contribution in [0.5, 0.6) is 0 Å². The molecule has 0 bridgehead atoms. The van der Waals surface area contributed by atoms with Gasteiger partial charge in [-0.3, -0.25) is 4.79 Å². The summed E-state index contributed by atoms with van der Waals surface area (Å²) in [5, 5.41) is 11.4. The number of hydrogen-bond donors (Lipinski definition) is 1. The number of thioether (sulfide) groups is 1. The summed E-state index contributed by atoms with van der Waals surface area (Å²) in [7, 11) is 1.83. The molecule has 1 N–H and O–H groups in total. The Morgan fingerprint density at radius 3 is 2.65 bits per heavy atom. The average molecular weight is 374 g/mol. The molecule has 1 heterocycles. The number of aromatic nitrogens is 3. The largest absolute Gasteiger partial charge is 0.325 e. The van der Waals surface area contributed by atoms with Gasteiger partial charge >= 0.3 is 0 Å². The summed E-state index contributed by atoms with van der Waals surface area (Å²) in [4.78, 5) is 12.0. The van der Waals surface area contributed by atoms with Gasteiger partial charge in [0.25, 0.3) is 0 Å². The molecule has 5 nitrogen and oxygen atoms in total. The molecule has 0 atom stereocenters. The minimum Gasteiger partial charge on any atom is -0.325 e. The first kappa shape index (κ1) is 18.1. The Labute approximate surface area is 153 Å². The molecule has 0 aliphatic heterocycles. The summed E-state index contributed by atoms with van der Waals surface area (Å²) in [6.07, 6.45) is 0. The van der Waals surface area contributed by atoms with Crippen LogP contribution in [0.4, 0.5) is 14.5 Å². The maximum Gasteiger partial charge on any atom is 0.234 e. The Hall–Kier alpha value is -2.74. The molecule has 8 heteroatoms. The third kappa shape index (κ3) is 3.91. The van der Waals surface area contributed by atoms with Crippen molar-refractivity contribution in [1.82, 2.24) is 14.8 Å². The van der Waals surface area contributed by atoms with Crippen LogP contribution in [0.2, 0.25) is 0 Å².